The van der Waals surface area contributed by atoms with Crippen LogP contribution in [0.25, 0.3) is 0 Å². The van der Waals surface area contributed by atoms with Gasteiger partial charge in [-0.15, -0.1) is 0 Å². The summed E-state index contributed by atoms with van der Waals surface area (Å²) in [6.45, 7) is 10.8. The molecule has 1 spiro atoms. The molecular formula is C29H37NO6. The molecule has 7 heteroatoms. The van der Waals surface area contributed by atoms with Crippen LogP contribution in [0.5, 0.6) is 0 Å². The highest BCUT2D eigenvalue weighted by atomic mass is 16.6. The number of ether oxygens (including phenoxy) is 2. The van der Waals surface area contributed by atoms with E-state index in [9.17, 15) is 14.4 Å². The second-order valence-electron chi connectivity index (χ2n) is 13.9. The van der Waals surface area contributed by atoms with Crippen LogP contribution in [0, 0.1) is 39.9 Å². The topological polar surface area (TPSA) is 90.0 Å². The number of Topliss-reactive ketones (excluding diaryl/α,β-unsaturated/α-hetero) is 2. The van der Waals surface area contributed by atoms with Crippen molar-refractivity contribution in [2.75, 3.05) is 6.54 Å². The van der Waals surface area contributed by atoms with Crippen LogP contribution >= 0.6 is 0 Å². The molecule has 10 atom stereocenters. The first-order valence-corrected chi connectivity index (χ1v) is 13.8. The zero-order valence-electron chi connectivity index (χ0n) is 22.0. The van der Waals surface area contributed by atoms with Gasteiger partial charge < -0.3 is 9.47 Å². The van der Waals surface area contributed by atoms with Gasteiger partial charge in [0.05, 0.1) is 12.5 Å². The summed E-state index contributed by atoms with van der Waals surface area (Å²) in [7, 11) is 0. The molecular weight excluding hydrogens is 458 g/mol. The average Bonchev–Trinajstić information content (AvgIpc) is 3.06. The first-order valence-electron chi connectivity index (χ1n) is 13.8. The van der Waals surface area contributed by atoms with Crippen LogP contribution in [0.15, 0.2) is 11.6 Å². The number of esters is 1. The third-order valence-corrected chi connectivity index (χ3v) is 12.1. The zero-order valence-corrected chi connectivity index (χ0v) is 22.0. The summed E-state index contributed by atoms with van der Waals surface area (Å²) in [4.78, 5) is 58.0. The van der Waals surface area contributed by atoms with E-state index >= 15 is 4.79 Å². The lowest BCUT2D eigenvalue weighted by atomic mass is 9.33. The zero-order chi connectivity index (χ0) is 25.6. The third-order valence-electron chi connectivity index (χ3n) is 12.1. The van der Waals surface area contributed by atoms with Crippen molar-refractivity contribution in [3.05, 3.63) is 11.6 Å². The molecule has 4 aliphatic heterocycles. The van der Waals surface area contributed by atoms with Gasteiger partial charge in [-0.25, -0.2) is 4.90 Å². The molecule has 7 aliphatic rings. The second-order valence-corrected chi connectivity index (χ2v) is 13.9. The van der Waals surface area contributed by atoms with Gasteiger partial charge in [0, 0.05) is 35.6 Å². The van der Waals surface area contributed by atoms with E-state index < -0.39 is 45.5 Å². The van der Waals surface area contributed by atoms with Crippen LogP contribution in [0.3, 0.4) is 0 Å². The molecule has 3 aliphatic carbocycles. The molecule has 0 unspecified atom stereocenters. The van der Waals surface area contributed by atoms with Crippen LogP contribution in [0.2, 0.25) is 0 Å². The normalized spacial score (nSPS) is 55.7. The highest BCUT2D eigenvalue weighted by Gasteiger charge is 2.86. The Labute approximate surface area is 212 Å². The van der Waals surface area contributed by atoms with Gasteiger partial charge in [-0.3, -0.25) is 19.2 Å². The number of ketones is 3. The number of carbonyl (C=O) groups is 4. The SMILES string of the molecule is CC1=CC(=O)[C@H]2CC(=O)[C@H]3[C@@](C)(C(=O)[C@@]45OC(=O)C[C@@]3(C)[C@]4(C)CC[C@]34C[C@@H](C)C[C@@H](CN35)O4)[C@@H]2C1. The van der Waals surface area contributed by atoms with Gasteiger partial charge in [0.1, 0.15) is 11.5 Å². The average molecular weight is 496 g/mol. The number of rotatable bonds is 0. The summed E-state index contributed by atoms with van der Waals surface area (Å²) in [5.74, 6) is -1.57. The van der Waals surface area contributed by atoms with Gasteiger partial charge >= 0.3 is 5.97 Å². The maximum absolute atomic E-state index is 15.3. The summed E-state index contributed by atoms with van der Waals surface area (Å²) < 4.78 is 13.0. The minimum atomic E-state index is -1.49. The monoisotopic (exact) mass is 495 g/mol. The maximum atomic E-state index is 15.3. The van der Waals surface area contributed by atoms with Crippen LogP contribution in [-0.4, -0.2) is 52.3 Å². The molecule has 2 saturated carbocycles. The number of piperidine rings is 1. The molecule has 0 amide bonds. The first kappa shape index (κ1) is 23.3. The second kappa shape index (κ2) is 6.58. The lowest BCUT2D eigenvalue weighted by Gasteiger charge is -2.75. The molecule has 7 nitrogen and oxygen atoms in total. The van der Waals surface area contributed by atoms with Crippen LogP contribution in [0.1, 0.15) is 79.6 Å². The summed E-state index contributed by atoms with van der Waals surface area (Å²) in [6.07, 6.45) is 5.68. The Morgan fingerprint density at radius 2 is 1.81 bits per heavy atom. The van der Waals surface area contributed by atoms with E-state index in [2.05, 4.69) is 25.7 Å². The molecule has 36 heavy (non-hydrogen) atoms. The molecule has 4 saturated heterocycles. The Bertz CT molecular complexity index is 1180. The fourth-order valence-electron chi connectivity index (χ4n) is 10.7. The standard InChI is InChI=1S/C29H37NO6/c1-15-9-19-18(20(31)10-15)11-21(32)23-25(3)13-22(33)36-29(24(34)27(19,23)5)26(25,4)6-7-28-12-16(2)8-17(35-28)14-30(28)29/h10,16-19,23H,6-9,11-14H2,1-5H3/t16-,17-,18-,19+,23+,25+,26-,27-,28-,29+/m0/s1. The van der Waals surface area contributed by atoms with Gasteiger partial charge in [-0.1, -0.05) is 33.3 Å². The Morgan fingerprint density at radius 3 is 2.56 bits per heavy atom. The van der Waals surface area contributed by atoms with Gasteiger partial charge in [0.15, 0.2) is 11.6 Å². The smallest absolute Gasteiger partial charge is 0.308 e. The van der Waals surface area contributed by atoms with E-state index in [1.165, 1.54) is 0 Å². The molecule has 4 heterocycles. The fraction of sp³-hybridized carbons (Fsp3) is 0.793. The Morgan fingerprint density at radius 1 is 1.06 bits per heavy atom. The number of nitrogens with zero attached hydrogens (tertiary/aromatic N) is 1. The van der Waals surface area contributed by atoms with Gasteiger partial charge in [0.2, 0.25) is 5.72 Å². The lowest BCUT2D eigenvalue weighted by Crippen LogP contribution is -2.86. The molecule has 4 bridgehead atoms. The molecule has 0 N–H and O–H groups in total. The van der Waals surface area contributed by atoms with E-state index in [-0.39, 0.29) is 42.2 Å². The molecule has 7 rings (SSSR count). The molecule has 0 radical (unpaired) electrons. The van der Waals surface area contributed by atoms with Crippen LogP contribution in [-0.2, 0) is 28.7 Å². The van der Waals surface area contributed by atoms with Crippen molar-refractivity contribution < 1.29 is 28.7 Å². The predicted octanol–water partition coefficient (Wildman–Crippen LogP) is 3.59. The van der Waals surface area contributed by atoms with Crippen molar-refractivity contribution in [2.45, 2.75) is 97.1 Å². The highest BCUT2D eigenvalue weighted by molar-refractivity contribution is 6.07. The predicted molar refractivity (Wildman–Crippen MR) is 128 cm³/mol. The van der Waals surface area contributed by atoms with Crippen molar-refractivity contribution >= 4 is 23.3 Å². The number of hydrogen-bond donors (Lipinski definition) is 0. The number of carbonyl (C=O) groups excluding carboxylic acids is 4. The van der Waals surface area contributed by atoms with Gasteiger partial charge in [0.25, 0.3) is 0 Å². The maximum Gasteiger partial charge on any atom is 0.308 e. The number of allylic oxidation sites excluding steroid dienone is 2. The highest BCUT2D eigenvalue weighted by Crippen LogP contribution is 2.76. The molecule has 0 aromatic rings. The van der Waals surface area contributed by atoms with E-state index in [1.54, 1.807) is 6.08 Å². The number of hydrogen-bond acceptors (Lipinski definition) is 7. The Balaban J connectivity index is 1.49. The van der Waals surface area contributed by atoms with Crippen molar-refractivity contribution in [2.24, 2.45) is 39.9 Å². The summed E-state index contributed by atoms with van der Waals surface area (Å²) >= 11 is 0. The van der Waals surface area contributed by atoms with Gasteiger partial charge in [-0.05, 0) is 62.4 Å². The van der Waals surface area contributed by atoms with Crippen LogP contribution in [0.4, 0.5) is 0 Å². The fourth-order valence-corrected chi connectivity index (χ4v) is 10.7. The Hall–Kier alpha value is -1.86. The largest absolute Gasteiger partial charge is 0.435 e. The molecule has 194 valence electrons. The van der Waals surface area contributed by atoms with Crippen molar-refractivity contribution in [3.63, 3.8) is 0 Å². The Kier molecular flexibility index (Phi) is 4.25. The van der Waals surface area contributed by atoms with Crippen molar-refractivity contribution in [3.8, 4) is 0 Å². The van der Waals surface area contributed by atoms with E-state index in [0.29, 0.717) is 25.3 Å². The third kappa shape index (κ3) is 2.27. The molecule has 0 aromatic carbocycles. The minimum absolute atomic E-state index is 0.00198. The van der Waals surface area contributed by atoms with Crippen molar-refractivity contribution in [1.82, 2.24) is 4.90 Å². The first-order chi connectivity index (χ1) is 16.8. The quantitative estimate of drug-likeness (QED) is 0.475. The summed E-state index contributed by atoms with van der Waals surface area (Å²) in [6, 6.07) is 0. The van der Waals surface area contributed by atoms with E-state index in [1.807, 2.05) is 13.8 Å². The number of fused-ring (bicyclic) bond motifs is 5. The molecule has 6 fully saturated rings. The van der Waals surface area contributed by atoms with E-state index in [0.717, 1.165) is 24.8 Å². The van der Waals surface area contributed by atoms with Crippen molar-refractivity contribution in [1.29, 1.82) is 0 Å². The summed E-state index contributed by atoms with van der Waals surface area (Å²) in [5, 5.41) is 0. The summed E-state index contributed by atoms with van der Waals surface area (Å²) in [5.41, 5.74) is -3.74. The molecule has 0 aromatic heterocycles. The van der Waals surface area contributed by atoms with Crippen LogP contribution < -0.4 is 0 Å². The van der Waals surface area contributed by atoms with E-state index in [4.69, 9.17) is 9.47 Å². The lowest BCUT2D eigenvalue weighted by molar-refractivity contribution is -0.349. The minimum Gasteiger partial charge on any atom is -0.435 e. The van der Waals surface area contributed by atoms with Gasteiger partial charge in [-0.2, -0.15) is 0 Å².